The van der Waals surface area contributed by atoms with Crippen LogP contribution in [0, 0.1) is 11.7 Å². The van der Waals surface area contributed by atoms with Gasteiger partial charge in [-0.1, -0.05) is 12.1 Å². The first kappa shape index (κ1) is 25.0. The number of nitrogens with one attached hydrogen (secondary N) is 1. The molecule has 0 unspecified atom stereocenters. The van der Waals surface area contributed by atoms with Gasteiger partial charge in [0.05, 0.1) is 12.8 Å². The molecule has 0 aliphatic carbocycles. The van der Waals surface area contributed by atoms with Crippen molar-refractivity contribution < 1.29 is 23.5 Å². The van der Waals surface area contributed by atoms with Gasteiger partial charge in [0.25, 0.3) is 5.88 Å². The topological polar surface area (TPSA) is 93.6 Å². The highest BCUT2D eigenvalue weighted by atomic mass is 35.5. The van der Waals surface area contributed by atoms with E-state index in [0.29, 0.717) is 37.2 Å². The molecule has 11 heteroatoms. The van der Waals surface area contributed by atoms with Gasteiger partial charge in [-0.3, -0.25) is 4.79 Å². The van der Waals surface area contributed by atoms with Crippen LogP contribution in [0.4, 0.5) is 20.8 Å². The number of nitrogens with zero attached hydrogens (tertiary/aromatic N) is 3. The number of amides is 1. The van der Waals surface area contributed by atoms with Crippen LogP contribution in [0.25, 0.3) is 0 Å². The number of anilines is 2. The lowest BCUT2D eigenvalue weighted by Gasteiger charge is -2.34. The van der Waals surface area contributed by atoms with E-state index in [4.69, 9.17) is 32.7 Å². The van der Waals surface area contributed by atoms with Gasteiger partial charge in [-0.25, -0.2) is 9.78 Å². The third-order valence-electron chi connectivity index (χ3n) is 5.20. The molecule has 1 aliphatic rings. The highest BCUT2D eigenvalue weighted by Crippen LogP contribution is 2.26. The van der Waals surface area contributed by atoms with E-state index in [0.717, 1.165) is 12.5 Å². The molecule has 1 amide bonds. The maximum absolute atomic E-state index is 14.2. The van der Waals surface area contributed by atoms with E-state index in [-0.39, 0.29) is 24.4 Å². The van der Waals surface area contributed by atoms with Crippen LogP contribution in [0.2, 0.25) is 0 Å². The normalized spacial score (nSPS) is 14.8. The monoisotopic (exact) mass is 498 g/mol. The number of carbonyl (C=O) groups excluding carboxylic acids is 2. The Morgan fingerprint density at radius 3 is 2.76 bits per heavy atom. The van der Waals surface area contributed by atoms with Crippen LogP contribution in [-0.2, 0) is 4.74 Å². The second-order valence-electron chi connectivity index (χ2n) is 8.23. The maximum atomic E-state index is 14.2. The van der Waals surface area contributed by atoms with Gasteiger partial charge in [-0.05, 0) is 44.7 Å². The second-order valence-corrected chi connectivity index (χ2v) is 9.32. The van der Waals surface area contributed by atoms with Gasteiger partial charge in [0, 0.05) is 24.3 Å². The van der Waals surface area contributed by atoms with Crippen molar-refractivity contribution in [3.05, 3.63) is 41.8 Å². The molecule has 0 spiro atoms. The minimum Gasteiger partial charge on any atom is -0.475 e. The zero-order chi connectivity index (χ0) is 24.0. The number of aldehydes is 1. The van der Waals surface area contributed by atoms with E-state index < -0.39 is 22.3 Å². The fourth-order valence-electron chi connectivity index (χ4n) is 3.14. The fraction of sp³-hybridized carbons (Fsp3) is 0.455. The molecule has 1 aliphatic heterocycles. The van der Waals surface area contributed by atoms with Crippen LogP contribution in [0.5, 0.6) is 5.88 Å². The van der Waals surface area contributed by atoms with E-state index in [1.165, 1.54) is 0 Å². The molecule has 1 fully saturated rings. The molecule has 0 saturated carbocycles. The molecule has 178 valence electrons. The Kier molecular flexibility index (Phi) is 8.31. The Balaban J connectivity index is 1.52. The lowest BCUT2D eigenvalue weighted by Crippen LogP contribution is -2.45. The molecule has 2 heterocycles. The zero-order valence-corrected chi connectivity index (χ0v) is 19.8. The summed E-state index contributed by atoms with van der Waals surface area (Å²) in [5, 5.41) is 2.92. The molecule has 8 nitrogen and oxygen atoms in total. The molecule has 0 radical (unpaired) electrons. The van der Waals surface area contributed by atoms with Crippen molar-refractivity contribution in [3.63, 3.8) is 0 Å². The van der Waals surface area contributed by atoms with Gasteiger partial charge >= 0.3 is 6.09 Å². The second kappa shape index (κ2) is 11.0. The van der Waals surface area contributed by atoms with Gasteiger partial charge in [0.1, 0.15) is 16.7 Å². The maximum Gasteiger partial charge on any atom is 0.410 e. The molecule has 1 saturated heterocycles. The van der Waals surface area contributed by atoms with Gasteiger partial charge in [-0.15, -0.1) is 23.2 Å². The molecule has 0 bridgehead atoms. The van der Waals surface area contributed by atoms with Crippen LogP contribution in [0.1, 0.15) is 37.0 Å². The number of hydrogen-bond acceptors (Lipinski definition) is 7. The van der Waals surface area contributed by atoms with Crippen LogP contribution in [0.3, 0.4) is 0 Å². The van der Waals surface area contributed by atoms with Crippen molar-refractivity contribution in [1.29, 1.82) is 0 Å². The first-order chi connectivity index (χ1) is 15.7. The Hall–Kier alpha value is -2.65. The minimum absolute atomic E-state index is 0.117. The first-order valence-corrected chi connectivity index (χ1v) is 11.3. The van der Waals surface area contributed by atoms with E-state index in [9.17, 15) is 14.0 Å². The summed E-state index contributed by atoms with van der Waals surface area (Å²) < 4.78 is 25.2. The van der Waals surface area contributed by atoms with Gasteiger partial charge in [0.15, 0.2) is 0 Å². The molecule has 1 N–H and O–H groups in total. The molecular formula is C22H25Cl2FN4O4. The fourth-order valence-corrected chi connectivity index (χ4v) is 3.23. The lowest BCUT2D eigenvalue weighted by atomic mass is 9.98. The van der Waals surface area contributed by atoms with Crippen LogP contribution in [0.15, 0.2) is 30.5 Å². The Morgan fingerprint density at radius 1 is 1.36 bits per heavy atom. The largest absolute Gasteiger partial charge is 0.475 e. The highest BCUT2D eigenvalue weighted by Gasteiger charge is 2.33. The number of rotatable bonds is 8. The van der Waals surface area contributed by atoms with Crippen molar-refractivity contribution in [2.45, 2.75) is 37.1 Å². The summed E-state index contributed by atoms with van der Waals surface area (Å²) in [4.78, 5) is 32.0. The van der Waals surface area contributed by atoms with Crippen molar-refractivity contribution in [2.24, 2.45) is 5.92 Å². The summed E-state index contributed by atoms with van der Waals surface area (Å²) in [6, 6.07) is 6.73. The van der Waals surface area contributed by atoms with Crippen molar-refractivity contribution in [2.75, 3.05) is 25.0 Å². The van der Waals surface area contributed by atoms with E-state index in [2.05, 4.69) is 15.3 Å². The number of carbonyl (C=O) groups is 2. The van der Waals surface area contributed by atoms with E-state index in [1.807, 2.05) is 0 Å². The molecule has 1 aromatic carbocycles. The van der Waals surface area contributed by atoms with Gasteiger partial charge in [0.2, 0.25) is 11.8 Å². The average molecular weight is 499 g/mol. The first-order valence-electron chi connectivity index (χ1n) is 10.4. The van der Waals surface area contributed by atoms with Crippen molar-refractivity contribution >= 4 is 47.2 Å². The van der Waals surface area contributed by atoms with Gasteiger partial charge in [-0.2, -0.15) is 9.37 Å². The third-order valence-corrected chi connectivity index (χ3v) is 6.25. The molecule has 1 aromatic heterocycles. The quantitative estimate of drug-likeness (QED) is 0.405. The third kappa shape index (κ3) is 6.91. The highest BCUT2D eigenvalue weighted by molar-refractivity contribution is 6.45. The summed E-state index contributed by atoms with van der Waals surface area (Å²) in [5.41, 5.74) is 0.0853. The predicted octanol–water partition coefficient (Wildman–Crippen LogP) is 4.98. The number of likely N-dealkylation sites (tertiary alicyclic amines) is 1. The summed E-state index contributed by atoms with van der Waals surface area (Å²) in [7, 11) is 0. The van der Waals surface area contributed by atoms with Crippen LogP contribution < -0.4 is 10.1 Å². The summed E-state index contributed by atoms with van der Waals surface area (Å²) >= 11 is 11.7. The number of aromatic nitrogens is 2. The predicted molar refractivity (Wildman–Crippen MR) is 123 cm³/mol. The van der Waals surface area contributed by atoms with Crippen LogP contribution >= 0.6 is 23.2 Å². The van der Waals surface area contributed by atoms with Crippen molar-refractivity contribution in [1.82, 2.24) is 14.9 Å². The Labute approximate surface area is 201 Å². The minimum atomic E-state index is -0.995. The number of ether oxygens (including phenoxy) is 2. The summed E-state index contributed by atoms with van der Waals surface area (Å²) in [5.74, 6) is -0.586. The zero-order valence-electron chi connectivity index (χ0n) is 18.3. The van der Waals surface area contributed by atoms with E-state index >= 15 is 0 Å². The van der Waals surface area contributed by atoms with E-state index in [1.54, 1.807) is 43.0 Å². The molecular weight excluding hydrogens is 474 g/mol. The standard InChI is InChI=1S/C22H25Cl2FN4O4/c1-22(2,19(23)24)33-21(31)29-8-6-14(7-9-29)13-32-18-17(25)11-26-20(28-18)27-16-5-3-4-15(10-16)12-30/h3-5,10-12,14,19H,6-9,13H2,1-2H3,(H,26,27,28). The SMILES string of the molecule is CC(C)(OC(=O)N1CCC(COc2nc(Nc3cccc(C=O)c3)ncc2F)CC1)C(Cl)Cl. The summed E-state index contributed by atoms with van der Waals surface area (Å²) in [6.07, 6.45) is 2.61. The number of hydrogen-bond donors (Lipinski definition) is 1. The lowest BCUT2D eigenvalue weighted by molar-refractivity contribution is 0.0133. The molecule has 0 atom stereocenters. The van der Waals surface area contributed by atoms with Crippen LogP contribution in [-0.4, -0.2) is 57.4 Å². The van der Waals surface area contributed by atoms with Gasteiger partial charge < -0.3 is 19.7 Å². The molecule has 3 rings (SSSR count). The summed E-state index contributed by atoms with van der Waals surface area (Å²) in [6.45, 7) is 4.49. The Bertz CT molecular complexity index is 985. The number of halogens is 3. The molecule has 33 heavy (non-hydrogen) atoms. The Morgan fingerprint density at radius 2 is 2.09 bits per heavy atom. The number of alkyl halides is 2. The number of benzene rings is 1. The average Bonchev–Trinajstić information content (AvgIpc) is 2.79. The molecule has 2 aromatic rings. The number of piperidine rings is 1. The smallest absolute Gasteiger partial charge is 0.410 e. The van der Waals surface area contributed by atoms with Crippen molar-refractivity contribution in [3.8, 4) is 5.88 Å².